The summed E-state index contributed by atoms with van der Waals surface area (Å²) in [7, 11) is 0. The fraction of sp³-hybridized carbons (Fsp3) is 0.750. The van der Waals surface area contributed by atoms with E-state index < -0.39 is 0 Å². The van der Waals surface area contributed by atoms with Gasteiger partial charge in [0.1, 0.15) is 0 Å². The van der Waals surface area contributed by atoms with E-state index in [0.717, 1.165) is 18.3 Å². The van der Waals surface area contributed by atoms with Crippen molar-refractivity contribution in [1.29, 1.82) is 0 Å². The Morgan fingerprint density at radius 2 is 2.50 bits per heavy atom. The van der Waals surface area contributed by atoms with Crippen molar-refractivity contribution in [3.05, 3.63) is 16.6 Å². The molecule has 3 N–H and O–H groups in total. The van der Waals surface area contributed by atoms with Crippen molar-refractivity contribution in [2.24, 2.45) is 17.7 Å². The van der Waals surface area contributed by atoms with Gasteiger partial charge in [0.25, 0.3) is 0 Å². The molecule has 3 nitrogen and oxygen atoms in total. The molecule has 0 saturated heterocycles. The van der Waals surface area contributed by atoms with Gasteiger partial charge in [0.2, 0.25) is 0 Å². The third-order valence-electron chi connectivity index (χ3n) is 3.64. The summed E-state index contributed by atoms with van der Waals surface area (Å²) in [6.07, 6.45) is 8.19. The topological polar surface area (TPSA) is 50.9 Å². The van der Waals surface area contributed by atoms with Gasteiger partial charge < -0.3 is 0 Å². The fourth-order valence-electron chi connectivity index (χ4n) is 2.75. The summed E-state index contributed by atoms with van der Waals surface area (Å²) in [6.45, 7) is 2.35. The Morgan fingerprint density at radius 3 is 3.12 bits per heavy atom. The van der Waals surface area contributed by atoms with Gasteiger partial charge in [0.05, 0.1) is 5.01 Å². The fourth-order valence-corrected chi connectivity index (χ4v) is 3.43. The lowest BCUT2D eigenvalue weighted by molar-refractivity contribution is 0.222. The molecular weight excluding hydrogens is 218 g/mol. The largest absolute Gasteiger partial charge is 0.271 e. The molecule has 1 aromatic rings. The molecule has 0 amide bonds. The zero-order valence-corrected chi connectivity index (χ0v) is 10.7. The summed E-state index contributed by atoms with van der Waals surface area (Å²) in [4.78, 5) is 4.34. The molecule has 0 aliphatic heterocycles. The summed E-state index contributed by atoms with van der Waals surface area (Å²) in [5.74, 6) is 7.27. The van der Waals surface area contributed by atoms with Gasteiger partial charge in [-0.1, -0.05) is 19.8 Å². The average Bonchev–Trinajstić information content (AvgIpc) is 2.78. The number of thiazole rings is 1. The second-order valence-electron chi connectivity index (χ2n) is 4.93. The molecule has 0 radical (unpaired) electrons. The number of nitrogens with two attached hydrogens (primary N) is 1. The summed E-state index contributed by atoms with van der Waals surface area (Å²) in [5.41, 5.74) is 3.00. The van der Waals surface area contributed by atoms with Gasteiger partial charge in [0, 0.05) is 24.0 Å². The summed E-state index contributed by atoms with van der Waals surface area (Å²) in [5, 5.41) is 3.23. The minimum atomic E-state index is 0.397. The van der Waals surface area contributed by atoms with Gasteiger partial charge in [-0.05, 0) is 24.7 Å². The van der Waals surface area contributed by atoms with E-state index in [1.165, 1.54) is 30.7 Å². The molecule has 4 heteroatoms. The maximum Gasteiger partial charge on any atom is 0.0940 e. The Hall–Kier alpha value is -0.450. The predicted molar refractivity (Wildman–Crippen MR) is 68.1 cm³/mol. The van der Waals surface area contributed by atoms with Crippen molar-refractivity contribution < 1.29 is 0 Å². The van der Waals surface area contributed by atoms with Gasteiger partial charge in [-0.2, -0.15) is 0 Å². The number of hydrogen-bond donors (Lipinski definition) is 2. The van der Waals surface area contributed by atoms with Crippen molar-refractivity contribution in [2.45, 2.75) is 45.1 Å². The molecule has 0 spiro atoms. The van der Waals surface area contributed by atoms with Crippen LogP contribution in [0, 0.1) is 11.8 Å². The number of nitrogens with one attached hydrogen (secondary N) is 1. The van der Waals surface area contributed by atoms with Crippen molar-refractivity contribution in [3.63, 3.8) is 0 Å². The van der Waals surface area contributed by atoms with Crippen molar-refractivity contribution in [3.8, 4) is 0 Å². The standard InChI is InChI=1S/C12H21N3S/c1-9-3-2-4-10(7-9)11(15-13)8-12-14-5-6-16-12/h5-6,9-11,15H,2-4,7-8,13H2,1H3. The monoisotopic (exact) mass is 239 g/mol. The second kappa shape index (κ2) is 5.75. The predicted octanol–water partition coefficient (Wildman–Crippen LogP) is 2.34. The van der Waals surface area contributed by atoms with Crippen LogP contribution in [0.25, 0.3) is 0 Å². The molecule has 3 atom stereocenters. The molecule has 0 aromatic carbocycles. The highest BCUT2D eigenvalue weighted by Gasteiger charge is 2.26. The van der Waals surface area contributed by atoms with Crippen molar-refractivity contribution in [1.82, 2.24) is 10.4 Å². The Morgan fingerprint density at radius 1 is 1.62 bits per heavy atom. The van der Waals surface area contributed by atoms with E-state index in [1.807, 2.05) is 11.6 Å². The van der Waals surface area contributed by atoms with Gasteiger partial charge in [-0.15, -0.1) is 11.3 Å². The zero-order valence-electron chi connectivity index (χ0n) is 9.86. The first-order valence-electron chi connectivity index (χ1n) is 6.14. The van der Waals surface area contributed by atoms with Crippen LogP contribution < -0.4 is 11.3 Å². The number of hydrazine groups is 1. The molecule has 1 saturated carbocycles. The van der Waals surface area contributed by atoms with Crippen molar-refractivity contribution >= 4 is 11.3 Å². The molecule has 0 bridgehead atoms. The van der Waals surface area contributed by atoms with Crippen LogP contribution in [0.1, 0.15) is 37.6 Å². The Kier molecular flexibility index (Phi) is 4.32. The third kappa shape index (κ3) is 3.03. The van der Waals surface area contributed by atoms with E-state index in [1.54, 1.807) is 11.3 Å². The van der Waals surface area contributed by atoms with Crippen LogP contribution in [0.15, 0.2) is 11.6 Å². The highest BCUT2D eigenvalue weighted by Crippen LogP contribution is 2.31. The quantitative estimate of drug-likeness (QED) is 0.626. The van der Waals surface area contributed by atoms with Crippen LogP contribution in [0.5, 0.6) is 0 Å². The van der Waals surface area contributed by atoms with Crippen LogP contribution in [0.3, 0.4) is 0 Å². The summed E-state index contributed by atoms with van der Waals surface area (Å²) >= 11 is 1.72. The highest BCUT2D eigenvalue weighted by atomic mass is 32.1. The molecule has 2 rings (SSSR count). The molecule has 1 aromatic heterocycles. The minimum Gasteiger partial charge on any atom is -0.271 e. The van der Waals surface area contributed by atoms with Crippen LogP contribution in [0.2, 0.25) is 0 Å². The molecule has 1 aliphatic rings. The summed E-state index contributed by atoms with van der Waals surface area (Å²) in [6, 6.07) is 0.397. The molecule has 1 heterocycles. The van der Waals surface area contributed by atoms with Crippen molar-refractivity contribution in [2.75, 3.05) is 0 Å². The van der Waals surface area contributed by atoms with Gasteiger partial charge in [-0.3, -0.25) is 11.3 Å². The van der Waals surface area contributed by atoms with Crippen LogP contribution in [0.4, 0.5) is 0 Å². The van der Waals surface area contributed by atoms with Crippen LogP contribution >= 0.6 is 11.3 Å². The zero-order chi connectivity index (χ0) is 11.4. The van der Waals surface area contributed by atoms with E-state index in [-0.39, 0.29) is 0 Å². The van der Waals surface area contributed by atoms with E-state index in [9.17, 15) is 0 Å². The van der Waals surface area contributed by atoms with E-state index >= 15 is 0 Å². The Labute approximate surface area is 101 Å². The van der Waals surface area contributed by atoms with Gasteiger partial charge >= 0.3 is 0 Å². The van der Waals surface area contributed by atoms with E-state index in [0.29, 0.717) is 6.04 Å². The van der Waals surface area contributed by atoms with E-state index in [2.05, 4.69) is 17.3 Å². The maximum absolute atomic E-state index is 5.69. The first-order chi connectivity index (χ1) is 7.79. The maximum atomic E-state index is 5.69. The van der Waals surface area contributed by atoms with Crippen LogP contribution in [-0.2, 0) is 6.42 Å². The van der Waals surface area contributed by atoms with Gasteiger partial charge in [-0.25, -0.2) is 4.98 Å². The average molecular weight is 239 g/mol. The van der Waals surface area contributed by atoms with Crippen LogP contribution in [-0.4, -0.2) is 11.0 Å². The molecular formula is C12H21N3S. The second-order valence-corrected chi connectivity index (χ2v) is 5.91. The minimum absolute atomic E-state index is 0.397. The lowest BCUT2D eigenvalue weighted by Crippen LogP contribution is -2.43. The molecule has 1 fully saturated rings. The number of aromatic nitrogens is 1. The highest BCUT2D eigenvalue weighted by molar-refractivity contribution is 7.09. The molecule has 1 aliphatic carbocycles. The lowest BCUT2D eigenvalue weighted by Gasteiger charge is -2.32. The summed E-state index contributed by atoms with van der Waals surface area (Å²) < 4.78 is 0. The third-order valence-corrected chi connectivity index (χ3v) is 4.44. The molecule has 90 valence electrons. The SMILES string of the molecule is CC1CCCC(C(Cc2nccs2)NN)C1. The number of nitrogens with zero attached hydrogens (tertiary/aromatic N) is 1. The molecule has 16 heavy (non-hydrogen) atoms. The number of hydrogen-bond acceptors (Lipinski definition) is 4. The first kappa shape index (κ1) is 12.0. The number of rotatable bonds is 4. The lowest BCUT2D eigenvalue weighted by atomic mass is 9.78. The Bertz CT molecular complexity index is 299. The van der Waals surface area contributed by atoms with Gasteiger partial charge in [0.15, 0.2) is 0 Å². The first-order valence-corrected chi connectivity index (χ1v) is 7.02. The van der Waals surface area contributed by atoms with E-state index in [4.69, 9.17) is 5.84 Å². The normalized spacial score (nSPS) is 27.9. The molecule has 3 unspecified atom stereocenters. The Balaban J connectivity index is 1.93. The smallest absolute Gasteiger partial charge is 0.0940 e.